The van der Waals surface area contributed by atoms with E-state index >= 15 is 0 Å². The lowest BCUT2D eigenvalue weighted by Crippen LogP contribution is -2.36. The number of benzene rings is 1. The van der Waals surface area contributed by atoms with Crippen LogP contribution in [0.2, 0.25) is 0 Å². The number of aromatic nitrogens is 1. The topological polar surface area (TPSA) is 94.6 Å². The lowest BCUT2D eigenvalue weighted by molar-refractivity contribution is 0.0590. The van der Waals surface area contributed by atoms with Gasteiger partial charge in [-0.3, -0.25) is 0 Å². The summed E-state index contributed by atoms with van der Waals surface area (Å²) in [5, 5.41) is 0. The number of halogens is 1. The molecule has 1 heterocycles. The third-order valence-electron chi connectivity index (χ3n) is 3.88. The first kappa shape index (κ1) is 22.2. The van der Waals surface area contributed by atoms with Gasteiger partial charge >= 0.3 is 5.97 Å². The third kappa shape index (κ3) is 5.07. The summed E-state index contributed by atoms with van der Waals surface area (Å²) in [6.07, 6.45) is 1.99. The van der Waals surface area contributed by atoms with E-state index in [9.17, 15) is 13.2 Å². The van der Waals surface area contributed by atoms with Crippen LogP contribution in [0.15, 0.2) is 47.5 Å². The Morgan fingerprint density at radius 2 is 1.88 bits per heavy atom. The van der Waals surface area contributed by atoms with Crippen LogP contribution in [0.4, 0.5) is 0 Å². The number of nitrogens with zero attached hydrogens (tertiary/aromatic N) is 2. The van der Waals surface area contributed by atoms with Gasteiger partial charge < -0.3 is 15.0 Å². The fraction of sp³-hybridized carbons (Fsp3) is 0.353. The fourth-order valence-electron chi connectivity index (χ4n) is 2.53. The van der Waals surface area contributed by atoms with E-state index < -0.39 is 16.0 Å². The van der Waals surface area contributed by atoms with E-state index in [2.05, 4.69) is 4.74 Å². The van der Waals surface area contributed by atoms with Crippen LogP contribution in [0.1, 0.15) is 16.1 Å². The van der Waals surface area contributed by atoms with Crippen molar-refractivity contribution in [3.05, 3.63) is 53.9 Å². The molecule has 0 aliphatic carbocycles. The highest BCUT2D eigenvalue weighted by Gasteiger charge is 2.27. The number of aryl methyl sites for hydroxylation is 1. The Kier molecular flexibility index (Phi) is 8.29. The van der Waals surface area contributed by atoms with E-state index in [1.807, 2.05) is 30.3 Å². The Bertz CT molecular complexity index is 822. The van der Waals surface area contributed by atoms with E-state index in [1.165, 1.54) is 28.2 Å². The first-order valence-electron chi connectivity index (χ1n) is 7.89. The zero-order valence-electron chi connectivity index (χ0n) is 14.8. The predicted molar refractivity (Wildman–Crippen MR) is 102 cm³/mol. The number of hydrogen-bond acceptors (Lipinski definition) is 5. The Morgan fingerprint density at radius 3 is 2.46 bits per heavy atom. The highest BCUT2D eigenvalue weighted by atomic mass is 35.5. The average Bonchev–Trinajstić information content (AvgIpc) is 3.01. The number of carbonyl (C=O) groups excluding carboxylic acids is 1. The number of sulfonamides is 1. The van der Waals surface area contributed by atoms with Crippen molar-refractivity contribution in [3.8, 4) is 0 Å². The number of carbonyl (C=O) groups is 1. The minimum absolute atomic E-state index is 0. The molecule has 0 spiro atoms. The molecule has 2 aromatic rings. The van der Waals surface area contributed by atoms with Crippen molar-refractivity contribution in [1.29, 1.82) is 0 Å². The number of ether oxygens (including phenoxy) is 1. The van der Waals surface area contributed by atoms with Crippen LogP contribution < -0.4 is 5.73 Å². The molecule has 1 aromatic heterocycles. The van der Waals surface area contributed by atoms with Gasteiger partial charge in [0.05, 0.1) is 7.11 Å². The van der Waals surface area contributed by atoms with E-state index in [4.69, 9.17) is 5.73 Å². The highest BCUT2D eigenvalue weighted by molar-refractivity contribution is 7.89. The summed E-state index contributed by atoms with van der Waals surface area (Å²) in [5.41, 5.74) is 6.81. The molecule has 0 atom stereocenters. The number of hydrogen-bond donors (Lipinski definition) is 1. The molecule has 0 amide bonds. The summed E-state index contributed by atoms with van der Waals surface area (Å²) in [5.74, 6) is -0.585. The summed E-state index contributed by atoms with van der Waals surface area (Å²) in [6, 6.07) is 11.0. The van der Waals surface area contributed by atoms with Gasteiger partial charge in [-0.25, -0.2) is 13.2 Å². The van der Waals surface area contributed by atoms with Crippen LogP contribution in [0.3, 0.4) is 0 Å². The molecule has 2 N–H and O–H groups in total. The largest absolute Gasteiger partial charge is 0.464 e. The summed E-state index contributed by atoms with van der Waals surface area (Å²) in [4.78, 5) is 11.8. The quantitative estimate of drug-likeness (QED) is 0.675. The molecule has 9 heteroatoms. The molecular weight excluding hydrogens is 378 g/mol. The van der Waals surface area contributed by atoms with E-state index in [0.29, 0.717) is 13.0 Å². The standard InChI is InChI=1S/C17H23N3O4S.ClH/c1-19-13-15(12-16(19)17(21)24-2)25(22,23)20(11-9-18)10-8-14-6-4-3-5-7-14;/h3-7,12-13H,8-11,18H2,1-2H3;1H. The van der Waals surface area contributed by atoms with Gasteiger partial charge in [0.25, 0.3) is 0 Å². The molecule has 0 saturated carbocycles. The van der Waals surface area contributed by atoms with Crippen LogP contribution in [-0.2, 0) is 28.2 Å². The third-order valence-corrected chi connectivity index (χ3v) is 5.75. The molecule has 1 aromatic carbocycles. The van der Waals surface area contributed by atoms with E-state index in [0.717, 1.165) is 5.56 Å². The van der Waals surface area contributed by atoms with Gasteiger partial charge in [-0.05, 0) is 18.1 Å². The average molecular weight is 402 g/mol. The second-order valence-electron chi connectivity index (χ2n) is 5.59. The Labute approximate surface area is 160 Å². The van der Waals surface area contributed by atoms with Crippen LogP contribution in [-0.4, -0.2) is 50.0 Å². The zero-order valence-corrected chi connectivity index (χ0v) is 16.4. The normalized spacial score (nSPS) is 11.2. The van der Waals surface area contributed by atoms with Crippen molar-refractivity contribution in [2.24, 2.45) is 12.8 Å². The molecule has 0 bridgehead atoms. The van der Waals surface area contributed by atoms with Crippen LogP contribution in [0, 0.1) is 0 Å². The van der Waals surface area contributed by atoms with Gasteiger partial charge in [-0.1, -0.05) is 30.3 Å². The van der Waals surface area contributed by atoms with Gasteiger partial charge in [0.2, 0.25) is 10.0 Å². The van der Waals surface area contributed by atoms with Crippen molar-refractivity contribution in [3.63, 3.8) is 0 Å². The van der Waals surface area contributed by atoms with E-state index in [-0.39, 0.29) is 36.1 Å². The van der Waals surface area contributed by atoms with Crippen LogP contribution >= 0.6 is 12.4 Å². The maximum atomic E-state index is 12.9. The van der Waals surface area contributed by atoms with Crippen LogP contribution in [0.5, 0.6) is 0 Å². The Balaban J connectivity index is 0.00000338. The molecule has 0 aliphatic rings. The second kappa shape index (κ2) is 9.72. The number of esters is 1. The Morgan fingerprint density at radius 1 is 1.23 bits per heavy atom. The summed E-state index contributed by atoms with van der Waals surface area (Å²) >= 11 is 0. The summed E-state index contributed by atoms with van der Waals surface area (Å²) < 4.78 is 33.3. The van der Waals surface area contributed by atoms with Crippen molar-refractivity contribution in [1.82, 2.24) is 8.87 Å². The zero-order chi connectivity index (χ0) is 18.4. The van der Waals surface area contributed by atoms with Crippen molar-refractivity contribution >= 4 is 28.4 Å². The molecule has 0 aliphatic heterocycles. The second-order valence-corrected chi connectivity index (χ2v) is 7.53. The monoisotopic (exact) mass is 401 g/mol. The first-order chi connectivity index (χ1) is 11.9. The smallest absolute Gasteiger partial charge is 0.354 e. The maximum Gasteiger partial charge on any atom is 0.354 e. The SMILES string of the molecule is COC(=O)c1cc(S(=O)(=O)N(CCN)CCc2ccccc2)cn1C.Cl. The number of nitrogens with two attached hydrogens (primary N) is 1. The minimum Gasteiger partial charge on any atom is -0.464 e. The van der Waals surface area contributed by atoms with Gasteiger partial charge in [0.15, 0.2) is 0 Å². The molecule has 7 nitrogen and oxygen atoms in total. The molecule has 0 radical (unpaired) electrons. The van der Waals surface area contributed by atoms with Crippen molar-refractivity contribution < 1.29 is 17.9 Å². The molecule has 2 rings (SSSR count). The molecule has 0 unspecified atom stereocenters. The van der Waals surface area contributed by atoms with Crippen LogP contribution in [0.25, 0.3) is 0 Å². The van der Waals surface area contributed by atoms with E-state index in [1.54, 1.807) is 7.05 Å². The molecular formula is C17H24ClN3O4S. The van der Waals surface area contributed by atoms with Gasteiger partial charge in [-0.2, -0.15) is 4.31 Å². The molecule has 26 heavy (non-hydrogen) atoms. The van der Waals surface area contributed by atoms with Gasteiger partial charge in [-0.15, -0.1) is 12.4 Å². The lowest BCUT2D eigenvalue weighted by atomic mass is 10.1. The van der Waals surface area contributed by atoms with Gasteiger partial charge in [0.1, 0.15) is 10.6 Å². The molecule has 0 saturated heterocycles. The molecule has 0 fully saturated rings. The molecule has 144 valence electrons. The summed E-state index contributed by atoms with van der Waals surface area (Å²) in [7, 11) is -0.898. The first-order valence-corrected chi connectivity index (χ1v) is 9.33. The summed E-state index contributed by atoms with van der Waals surface area (Å²) in [6.45, 7) is 0.730. The number of rotatable bonds is 8. The minimum atomic E-state index is -3.75. The lowest BCUT2D eigenvalue weighted by Gasteiger charge is -2.21. The predicted octanol–water partition coefficient (Wildman–Crippen LogP) is 1.43. The van der Waals surface area contributed by atoms with Crippen molar-refractivity contribution in [2.75, 3.05) is 26.7 Å². The van der Waals surface area contributed by atoms with Crippen molar-refractivity contribution in [2.45, 2.75) is 11.3 Å². The highest BCUT2D eigenvalue weighted by Crippen LogP contribution is 2.19. The maximum absolute atomic E-state index is 12.9. The Hall–Kier alpha value is -1.87. The van der Waals surface area contributed by atoms with Gasteiger partial charge in [0, 0.05) is 32.9 Å². The fourth-order valence-corrected chi connectivity index (χ4v) is 4.05. The number of methoxy groups -OCH3 is 1.